The molecule has 0 spiro atoms. The zero-order valence-corrected chi connectivity index (χ0v) is 18.2. The summed E-state index contributed by atoms with van der Waals surface area (Å²) in [7, 11) is 0. The second-order valence-electron chi connectivity index (χ2n) is 7.35. The standard InChI is InChI=1S/C23H18ClFN2O7/c24-15-11-27(23(31)26-19(15)28)20-17(25)18(34-22(30)14-9-5-2-6-10-14)16(33-20)12-32-21(29)13-7-3-1-4-8-13/h1-11,16-18,20H,12H2,(H,26,28,31)/t16-,17+,18-,20-/m0/s1. The van der Waals surface area contributed by atoms with Crippen LogP contribution in [0, 0.1) is 0 Å². The van der Waals surface area contributed by atoms with Crippen molar-refractivity contribution in [3.05, 3.63) is 104 Å². The van der Waals surface area contributed by atoms with Gasteiger partial charge in [-0.3, -0.25) is 14.3 Å². The molecule has 4 rings (SSSR count). The molecule has 1 saturated heterocycles. The molecule has 2 aromatic carbocycles. The summed E-state index contributed by atoms with van der Waals surface area (Å²) in [6, 6.07) is 16.0. The smallest absolute Gasteiger partial charge is 0.338 e. The third-order valence-electron chi connectivity index (χ3n) is 5.11. The van der Waals surface area contributed by atoms with Gasteiger partial charge in [-0.15, -0.1) is 0 Å². The first-order valence-electron chi connectivity index (χ1n) is 10.1. The van der Waals surface area contributed by atoms with E-state index in [9.17, 15) is 19.2 Å². The Morgan fingerprint density at radius 1 is 1.00 bits per heavy atom. The SMILES string of the molecule is O=C(OC[C@@H]1O[C@H](n2cc(Cl)c(=O)[nH]c2=O)[C@H](F)[C@H]1OC(=O)c1ccccc1)c1ccccc1. The third-order valence-corrected chi connectivity index (χ3v) is 5.38. The third kappa shape index (κ3) is 4.92. The second kappa shape index (κ2) is 10.0. The van der Waals surface area contributed by atoms with Gasteiger partial charge in [0.2, 0.25) is 0 Å². The fourth-order valence-electron chi connectivity index (χ4n) is 3.42. The number of nitrogens with one attached hydrogen (secondary N) is 1. The number of ether oxygens (including phenoxy) is 3. The van der Waals surface area contributed by atoms with Crippen LogP contribution in [-0.2, 0) is 14.2 Å². The quantitative estimate of drug-likeness (QED) is 0.530. The number of aromatic nitrogens is 2. The van der Waals surface area contributed by atoms with Gasteiger partial charge in [-0.05, 0) is 24.3 Å². The average Bonchev–Trinajstić information content (AvgIpc) is 3.15. The maximum atomic E-state index is 15.5. The van der Waals surface area contributed by atoms with Crippen molar-refractivity contribution in [2.75, 3.05) is 6.61 Å². The molecule has 0 bridgehead atoms. The van der Waals surface area contributed by atoms with Crippen molar-refractivity contribution in [2.24, 2.45) is 0 Å². The van der Waals surface area contributed by atoms with Gasteiger partial charge in [0.1, 0.15) is 17.7 Å². The fraction of sp³-hybridized carbons (Fsp3) is 0.217. The van der Waals surface area contributed by atoms with Crippen molar-refractivity contribution in [1.29, 1.82) is 0 Å². The largest absolute Gasteiger partial charge is 0.459 e. The predicted molar refractivity (Wildman–Crippen MR) is 118 cm³/mol. The lowest BCUT2D eigenvalue weighted by molar-refractivity contribution is -0.0592. The molecule has 34 heavy (non-hydrogen) atoms. The molecule has 1 fully saturated rings. The molecule has 11 heteroatoms. The Morgan fingerprint density at radius 3 is 2.21 bits per heavy atom. The predicted octanol–water partition coefficient (Wildman–Crippen LogP) is 2.51. The van der Waals surface area contributed by atoms with Crippen LogP contribution in [-0.4, -0.2) is 46.5 Å². The Kier molecular flexibility index (Phi) is 6.90. The lowest BCUT2D eigenvalue weighted by Crippen LogP contribution is -2.38. The first-order chi connectivity index (χ1) is 16.3. The van der Waals surface area contributed by atoms with Crippen LogP contribution in [0.3, 0.4) is 0 Å². The van der Waals surface area contributed by atoms with Crippen molar-refractivity contribution in [3.8, 4) is 0 Å². The normalized spacial score (nSPS) is 21.7. The highest BCUT2D eigenvalue weighted by molar-refractivity contribution is 6.30. The van der Waals surface area contributed by atoms with E-state index in [1.165, 1.54) is 24.3 Å². The van der Waals surface area contributed by atoms with Gasteiger partial charge in [-0.1, -0.05) is 48.0 Å². The van der Waals surface area contributed by atoms with Crippen LogP contribution in [0.2, 0.25) is 5.02 Å². The molecule has 0 saturated carbocycles. The van der Waals surface area contributed by atoms with Gasteiger partial charge in [-0.25, -0.2) is 18.8 Å². The number of H-pyrrole nitrogens is 1. The Bertz CT molecular complexity index is 1300. The molecule has 0 amide bonds. The summed E-state index contributed by atoms with van der Waals surface area (Å²) in [5, 5.41) is -0.368. The van der Waals surface area contributed by atoms with E-state index in [4.69, 9.17) is 25.8 Å². The molecule has 0 radical (unpaired) electrons. The molecule has 4 atom stereocenters. The number of benzene rings is 2. The van der Waals surface area contributed by atoms with E-state index >= 15 is 4.39 Å². The van der Waals surface area contributed by atoms with E-state index in [2.05, 4.69) is 0 Å². The molecule has 1 aliphatic rings. The summed E-state index contributed by atoms with van der Waals surface area (Å²) >= 11 is 5.78. The van der Waals surface area contributed by atoms with Gasteiger partial charge in [0, 0.05) is 6.20 Å². The molecule has 9 nitrogen and oxygen atoms in total. The first kappa shape index (κ1) is 23.4. The minimum absolute atomic E-state index is 0.169. The number of aromatic amines is 1. The van der Waals surface area contributed by atoms with E-state index in [-0.39, 0.29) is 16.1 Å². The van der Waals surface area contributed by atoms with Crippen molar-refractivity contribution >= 4 is 23.5 Å². The monoisotopic (exact) mass is 488 g/mol. The van der Waals surface area contributed by atoms with E-state index in [0.717, 1.165) is 10.8 Å². The molecule has 1 aromatic heterocycles. The summed E-state index contributed by atoms with van der Waals surface area (Å²) in [5.41, 5.74) is -1.40. The average molecular weight is 489 g/mol. The van der Waals surface area contributed by atoms with E-state index < -0.39 is 54.4 Å². The lowest BCUT2D eigenvalue weighted by atomic mass is 10.1. The van der Waals surface area contributed by atoms with Crippen LogP contribution in [0.15, 0.2) is 76.4 Å². The summed E-state index contributed by atoms with van der Waals surface area (Å²) in [6.45, 7) is -0.469. The topological polar surface area (TPSA) is 117 Å². The zero-order valence-electron chi connectivity index (χ0n) is 17.4. The van der Waals surface area contributed by atoms with Gasteiger partial charge in [-0.2, -0.15) is 0 Å². The Balaban J connectivity index is 1.59. The van der Waals surface area contributed by atoms with Gasteiger partial charge in [0.15, 0.2) is 18.5 Å². The first-order valence-corrected chi connectivity index (χ1v) is 10.5. The maximum Gasteiger partial charge on any atom is 0.338 e. The summed E-state index contributed by atoms with van der Waals surface area (Å²) < 4.78 is 32.5. The minimum Gasteiger partial charge on any atom is -0.459 e. The van der Waals surface area contributed by atoms with E-state index in [0.29, 0.717) is 0 Å². The number of halogens is 2. The Labute approximate surface area is 196 Å². The highest BCUT2D eigenvalue weighted by Crippen LogP contribution is 2.34. The van der Waals surface area contributed by atoms with E-state index in [1.54, 1.807) is 36.4 Å². The van der Waals surface area contributed by atoms with Gasteiger partial charge in [0.25, 0.3) is 5.56 Å². The molecule has 0 aliphatic carbocycles. The highest BCUT2D eigenvalue weighted by atomic mass is 35.5. The summed E-state index contributed by atoms with van der Waals surface area (Å²) in [6.07, 6.45) is -5.51. The van der Waals surface area contributed by atoms with Crippen LogP contribution in [0.4, 0.5) is 4.39 Å². The Hall–Kier alpha value is -3.76. The van der Waals surface area contributed by atoms with Crippen LogP contribution in [0.1, 0.15) is 26.9 Å². The van der Waals surface area contributed by atoms with Crippen molar-refractivity contribution in [1.82, 2.24) is 9.55 Å². The zero-order chi connectivity index (χ0) is 24.2. The highest BCUT2D eigenvalue weighted by Gasteiger charge is 2.49. The van der Waals surface area contributed by atoms with Crippen LogP contribution in [0.25, 0.3) is 0 Å². The number of rotatable bonds is 6. The van der Waals surface area contributed by atoms with Crippen LogP contribution < -0.4 is 11.2 Å². The van der Waals surface area contributed by atoms with Gasteiger partial charge < -0.3 is 14.2 Å². The summed E-state index contributed by atoms with van der Waals surface area (Å²) in [5.74, 6) is -1.52. The number of carbonyl (C=O) groups is 2. The molecule has 1 aliphatic heterocycles. The molecule has 1 N–H and O–H groups in total. The molecular formula is C23H18ClFN2O7. The van der Waals surface area contributed by atoms with E-state index in [1.807, 2.05) is 4.98 Å². The second-order valence-corrected chi connectivity index (χ2v) is 7.76. The molecule has 3 aromatic rings. The number of hydrogen-bond donors (Lipinski definition) is 1. The Morgan fingerprint density at radius 2 is 1.59 bits per heavy atom. The number of nitrogens with zero attached hydrogens (tertiary/aromatic N) is 1. The molecule has 0 unspecified atom stereocenters. The lowest BCUT2D eigenvalue weighted by Gasteiger charge is -2.19. The van der Waals surface area contributed by atoms with Crippen molar-refractivity contribution in [2.45, 2.75) is 24.6 Å². The maximum absolute atomic E-state index is 15.5. The van der Waals surface area contributed by atoms with Crippen molar-refractivity contribution < 1.29 is 28.2 Å². The molecule has 2 heterocycles. The van der Waals surface area contributed by atoms with Gasteiger partial charge >= 0.3 is 17.6 Å². The number of esters is 2. The number of alkyl halides is 1. The number of carbonyl (C=O) groups excluding carboxylic acids is 2. The van der Waals surface area contributed by atoms with Gasteiger partial charge in [0.05, 0.1) is 11.1 Å². The van der Waals surface area contributed by atoms with Crippen molar-refractivity contribution in [3.63, 3.8) is 0 Å². The van der Waals surface area contributed by atoms with Crippen LogP contribution >= 0.6 is 11.6 Å². The summed E-state index contributed by atoms with van der Waals surface area (Å²) in [4.78, 5) is 50.7. The molecular weight excluding hydrogens is 471 g/mol. The minimum atomic E-state index is -2.05. The van der Waals surface area contributed by atoms with Crippen LogP contribution in [0.5, 0.6) is 0 Å². The molecule has 176 valence electrons. The number of hydrogen-bond acceptors (Lipinski definition) is 7. The fourth-order valence-corrected chi connectivity index (χ4v) is 3.58.